The average Bonchev–Trinajstić information content (AvgIpc) is 2.86. The number of hydrogen-bond acceptors (Lipinski definition) is 5. The van der Waals surface area contributed by atoms with Crippen LogP contribution in [0.1, 0.15) is 18.9 Å². The van der Waals surface area contributed by atoms with E-state index >= 15 is 0 Å². The number of fused-ring (bicyclic) bond motifs is 1. The first-order valence-electron chi connectivity index (χ1n) is 6.85. The van der Waals surface area contributed by atoms with Gasteiger partial charge in [0.05, 0.1) is 23.7 Å². The minimum Gasteiger partial charge on any atom is -0.388 e. The quantitative estimate of drug-likeness (QED) is 0.620. The molecular formula is C14H16BrN3O4. The minimum atomic E-state index is -1.19. The number of aliphatic hydroxyl groups is 2. The van der Waals surface area contributed by atoms with Gasteiger partial charge < -0.3 is 25.3 Å². The monoisotopic (exact) mass is 369 g/mol. The molecule has 22 heavy (non-hydrogen) atoms. The molecule has 1 aliphatic rings. The number of ether oxygens (including phenoxy) is 1. The predicted molar refractivity (Wildman–Crippen MR) is 82.1 cm³/mol. The first-order valence-corrected chi connectivity index (χ1v) is 7.65. The molecule has 1 aromatic carbocycles. The van der Waals surface area contributed by atoms with Crippen molar-refractivity contribution in [1.82, 2.24) is 15.3 Å². The first-order chi connectivity index (χ1) is 10.5. The summed E-state index contributed by atoms with van der Waals surface area (Å²) in [7, 11) is 0. The van der Waals surface area contributed by atoms with E-state index in [0.717, 1.165) is 15.5 Å². The molecule has 4 N–H and O–H groups in total. The maximum Gasteiger partial charge on any atom is 0.217 e. The molecule has 2 aromatic rings. The highest BCUT2D eigenvalue weighted by molar-refractivity contribution is 9.10. The van der Waals surface area contributed by atoms with E-state index < -0.39 is 24.4 Å². The van der Waals surface area contributed by atoms with E-state index in [1.807, 2.05) is 18.2 Å². The molecule has 1 fully saturated rings. The first kappa shape index (κ1) is 15.4. The number of nitrogens with zero attached hydrogens (tertiary/aromatic N) is 1. The van der Waals surface area contributed by atoms with Crippen LogP contribution in [0.4, 0.5) is 0 Å². The van der Waals surface area contributed by atoms with Crippen LogP contribution >= 0.6 is 15.9 Å². The lowest BCUT2D eigenvalue weighted by atomic mass is 9.97. The Labute approximate surface area is 134 Å². The molecule has 0 saturated carbocycles. The molecule has 8 heteroatoms. The molecule has 3 rings (SSSR count). The van der Waals surface area contributed by atoms with Crippen molar-refractivity contribution in [3.05, 3.63) is 28.5 Å². The fourth-order valence-electron chi connectivity index (χ4n) is 2.59. The van der Waals surface area contributed by atoms with Crippen molar-refractivity contribution in [3.63, 3.8) is 0 Å². The molecule has 4 atom stereocenters. The van der Waals surface area contributed by atoms with Crippen LogP contribution in [-0.4, -0.2) is 50.9 Å². The van der Waals surface area contributed by atoms with Crippen molar-refractivity contribution < 1.29 is 19.7 Å². The van der Waals surface area contributed by atoms with Gasteiger partial charge in [0.1, 0.15) is 24.1 Å². The Morgan fingerprint density at radius 1 is 1.45 bits per heavy atom. The lowest BCUT2D eigenvalue weighted by molar-refractivity contribution is -0.158. The molecule has 2 heterocycles. The van der Waals surface area contributed by atoms with Crippen molar-refractivity contribution >= 4 is 32.9 Å². The van der Waals surface area contributed by atoms with Crippen LogP contribution in [0.25, 0.3) is 11.0 Å². The summed E-state index contributed by atoms with van der Waals surface area (Å²) in [6, 6.07) is 4.94. The molecule has 7 nitrogen and oxygen atoms in total. The highest BCUT2D eigenvalue weighted by atomic mass is 79.9. The van der Waals surface area contributed by atoms with Crippen LogP contribution in [0.15, 0.2) is 22.7 Å². The van der Waals surface area contributed by atoms with Gasteiger partial charge in [0.25, 0.3) is 0 Å². The van der Waals surface area contributed by atoms with Gasteiger partial charge >= 0.3 is 0 Å². The van der Waals surface area contributed by atoms with Crippen LogP contribution in [0.5, 0.6) is 0 Å². The Hall–Kier alpha value is -1.48. The van der Waals surface area contributed by atoms with Crippen molar-refractivity contribution in [2.45, 2.75) is 31.3 Å². The number of carbonyl (C=O) groups excluding carboxylic acids is 1. The summed E-state index contributed by atoms with van der Waals surface area (Å²) in [5.41, 5.74) is 1.55. The zero-order valence-corrected chi connectivity index (χ0v) is 13.4. The van der Waals surface area contributed by atoms with Crippen LogP contribution in [0.3, 0.4) is 0 Å². The van der Waals surface area contributed by atoms with E-state index in [4.69, 9.17) is 4.74 Å². The zero-order chi connectivity index (χ0) is 15.9. The Bertz CT molecular complexity index is 704. The van der Waals surface area contributed by atoms with Gasteiger partial charge in [0.15, 0.2) is 0 Å². The molecule has 0 bridgehead atoms. The summed E-state index contributed by atoms with van der Waals surface area (Å²) in [5.74, 6) is 0.160. The maximum absolute atomic E-state index is 11.1. The van der Waals surface area contributed by atoms with E-state index in [9.17, 15) is 15.0 Å². The number of carbonyl (C=O) groups is 1. The number of aromatic amines is 1. The molecule has 1 saturated heterocycles. The van der Waals surface area contributed by atoms with Gasteiger partial charge in [-0.15, -0.1) is 0 Å². The van der Waals surface area contributed by atoms with Gasteiger partial charge in [-0.2, -0.15) is 0 Å². The number of hydrogen-bond donors (Lipinski definition) is 4. The van der Waals surface area contributed by atoms with Gasteiger partial charge in [-0.1, -0.05) is 15.9 Å². The van der Waals surface area contributed by atoms with Crippen molar-refractivity contribution in [2.24, 2.45) is 0 Å². The number of H-pyrrole nitrogens is 1. The molecule has 118 valence electrons. The van der Waals surface area contributed by atoms with Gasteiger partial charge in [-0.05, 0) is 18.2 Å². The van der Waals surface area contributed by atoms with E-state index in [-0.39, 0.29) is 12.5 Å². The Kier molecular flexibility index (Phi) is 4.18. The zero-order valence-electron chi connectivity index (χ0n) is 11.8. The van der Waals surface area contributed by atoms with E-state index in [0.29, 0.717) is 5.82 Å². The number of nitrogens with one attached hydrogen (secondary N) is 2. The molecular weight excluding hydrogens is 354 g/mol. The second-order valence-electron chi connectivity index (χ2n) is 5.33. The van der Waals surface area contributed by atoms with Crippen LogP contribution in [0.2, 0.25) is 0 Å². The van der Waals surface area contributed by atoms with E-state index in [1.54, 1.807) is 0 Å². The third-order valence-electron chi connectivity index (χ3n) is 3.65. The second kappa shape index (κ2) is 5.96. The fourth-order valence-corrected chi connectivity index (χ4v) is 2.95. The highest BCUT2D eigenvalue weighted by Crippen LogP contribution is 2.29. The number of aliphatic hydroxyl groups excluding tert-OH is 2. The van der Waals surface area contributed by atoms with Crippen molar-refractivity contribution in [3.8, 4) is 0 Å². The third-order valence-corrected chi connectivity index (χ3v) is 4.14. The molecule has 0 spiro atoms. The summed E-state index contributed by atoms with van der Waals surface area (Å²) in [5, 5.41) is 23.0. The minimum absolute atomic E-state index is 0.100. The summed E-state index contributed by atoms with van der Waals surface area (Å²) >= 11 is 3.38. The fraction of sp³-hybridized carbons (Fsp3) is 0.429. The second-order valence-corrected chi connectivity index (χ2v) is 6.24. The topological polar surface area (TPSA) is 107 Å². The van der Waals surface area contributed by atoms with Gasteiger partial charge in [-0.25, -0.2) is 4.98 Å². The largest absolute Gasteiger partial charge is 0.388 e. The smallest absolute Gasteiger partial charge is 0.217 e. The van der Waals surface area contributed by atoms with Crippen LogP contribution < -0.4 is 5.32 Å². The predicted octanol–water partition coefficient (Wildman–Crippen LogP) is 0.623. The van der Waals surface area contributed by atoms with Gasteiger partial charge in [0, 0.05) is 11.4 Å². The summed E-state index contributed by atoms with van der Waals surface area (Å²) in [4.78, 5) is 18.6. The lowest BCUT2D eigenvalue weighted by Gasteiger charge is -2.36. The van der Waals surface area contributed by atoms with E-state index in [2.05, 4.69) is 31.2 Å². The van der Waals surface area contributed by atoms with Crippen molar-refractivity contribution in [1.29, 1.82) is 0 Å². The van der Waals surface area contributed by atoms with E-state index in [1.165, 1.54) is 6.92 Å². The lowest BCUT2D eigenvalue weighted by Crippen LogP contribution is -2.56. The van der Waals surface area contributed by atoms with Crippen molar-refractivity contribution in [2.75, 3.05) is 6.61 Å². The number of amides is 1. The summed E-state index contributed by atoms with van der Waals surface area (Å²) < 4.78 is 6.50. The molecule has 1 aromatic heterocycles. The van der Waals surface area contributed by atoms with Crippen LogP contribution in [0, 0.1) is 0 Å². The molecule has 0 aliphatic carbocycles. The SMILES string of the molecule is CC(=O)N[C@H]1CO[C@H](c2nc3ccc(Br)cc3[nH]2)[C@H](O)[C@@H]1O. The summed E-state index contributed by atoms with van der Waals surface area (Å²) in [6.07, 6.45) is -3.08. The van der Waals surface area contributed by atoms with Gasteiger partial charge in [-0.3, -0.25) is 4.79 Å². The average molecular weight is 370 g/mol. The number of rotatable bonds is 2. The Balaban J connectivity index is 1.83. The van der Waals surface area contributed by atoms with Gasteiger partial charge in [0.2, 0.25) is 5.91 Å². The standard InChI is InChI=1S/C14H16BrN3O4/c1-6(19)16-10-5-22-13(12(21)11(10)20)14-17-8-3-2-7(15)4-9(8)18-14/h2-4,10-13,20-21H,5H2,1H3,(H,16,19)(H,17,18)/t10-,11+,12+,13-/m0/s1. The Morgan fingerprint density at radius 2 is 2.23 bits per heavy atom. The number of halogens is 1. The molecule has 1 aliphatic heterocycles. The highest BCUT2D eigenvalue weighted by Gasteiger charge is 2.40. The molecule has 0 radical (unpaired) electrons. The Morgan fingerprint density at radius 3 is 2.95 bits per heavy atom. The molecule has 1 amide bonds. The normalized spacial score (nSPS) is 28.7. The van der Waals surface area contributed by atoms with Crippen LogP contribution in [-0.2, 0) is 9.53 Å². The maximum atomic E-state index is 11.1. The summed E-state index contributed by atoms with van der Waals surface area (Å²) in [6.45, 7) is 1.45. The number of imidazole rings is 1. The number of benzene rings is 1. The molecule has 0 unspecified atom stereocenters. The third kappa shape index (κ3) is 2.87. The number of aromatic nitrogens is 2.